The number of hydrogen-bond donors (Lipinski definition) is 1. The maximum atomic E-state index is 12.5. The number of phenolic OH excluding ortho intramolecular Hbond substituents is 1. The van der Waals surface area contributed by atoms with Gasteiger partial charge in [-0.25, -0.2) is 4.98 Å². The Hall–Kier alpha value is -6.59. The molecule has 0 saturated heterocycles. The van der Waals surface area contributed by atoms with Crippen LogP contribution in [0.4, 0.5) is 0 Å². The lowest BCUT2D eigenvalue weighted by molar-refractivity contribution is 0.446. The number of phenols is 1. The third-order valence-electron chi connectivity index (χ3n) is 11.8. The molecular formula is C55H52N4O. The van der Waals surface area contributed by atoms with Crippen molar-refractivity contribution in [3.8, 4) is 56.3 Å². The van der Waals surface area contributed by atoms with Gasteiger partial charge in [-0.05, 0) is 92.6 Å². The van der Waals surface area contributed by atoms with Crippen LogP contribution in [0.15, 0.2) is 146 Å². The van der Waals surface area contributed by atoms with Gasteiger partial charge in [-0.2, -0.15) is 0 Å². The van der Waals surface area contributed by atoms with E-state index in [0.717, 1.165) is 83.0 Å². The van der Waals surface area contributed by atoms with Crippen LogP contribution in [0.1, 0.15) is 79.0 Å². The molecule has 9 aromatic rings. The SMILES string of the molecule is CC(C)(C)c1ccc(-n2c(-c3cc(C(C)(C)C)cc(C(C)(C)C)c3O)nc3c4c(ccc32)cnc2ccc(-c3cc(-c5ccccc5)ccn3)cc24)c(-c2ccccc2)c1. The minimum absolute atomic E-state index is 0.0713. The van der Waals surface area contributed by atoms with Crippen LogP contribution in [-0.4, -0.2) is 24.6 Å². The standard InChI is InChI=1S/C55H52N4O/c1-53(2,3)39-22-25-47(41(30-39)35-18-14-11-15-19-35)59-48-24-21-38-33-57-45-23-20-37(46-29-36(26-27-56-46)34-16-12-10-13-17-34)28-42(45)49(38)50(48)58-52(59)43-31-40(54(4,5)6)32-44(51(43)60)55(7,8)9/h10-33,60H,1-9H3. The van der Waals surface area contributed by atoms with E-state index in [1.54, 1.807) is 0 Å². The summed E-state index contributed by atoms with van der Waals surface area (Å²) in [6.45, 7) is 19.9. The van der Waals surface area contributed by atoms with Gasteiger partial charge in [-0.1, -0.05) is 147 Å². The summed E-state index contributed by atoms with van der Waals surface area (Å²) in [6, 6.07) is 47.1. The third-order valence-corrected chi connectivity index (χ3v) is 11.8. The van der Waals surface area contributed by atoms with Gasteiger partial charge in [0.2, 0.25) is 0 Å². The molecule has 5 nitrogen and oxygen atoms in total. The van der Waals surface area contributed by atoms with Gasteiger partial charge in [-0.15, -0.1) is 0 Å². The summed E-state index contributed by atoms with van der Waals surface area (Å²) >= 11 is 0. The molecule has 5 heteroatoms. The summed E-state index contributed by atoms with van der Waals surface area (Å²) in [5, 5.41) is 15.5. The zero-order valence-corrected chi connectivity index (χ0v) is 36.1. The molecule has 0 amide bonds. The molecule has 0 spiro atoms. The minimum Gasteiger partial charge on any atom is -0.507 e. The number of aromatic hydroxyl groups is 1. The summed E-state index contributed by atoms with van der Waals surface area (Å²) < 4.78 is 2.28. The summed E-state index contributed by atoms with van der Waals surface area (Å²) in [4.78, 5) is 15.5. The van der Waals surface area contributed by atoms with Crippen molar-refractivity contribution in [1.29, 1.82) is 0 Å². The summed E-state index contributed by atoms with van der Waals surface area (Å²) in [6.07, 6.45) is 3.83. The number of hydrogen-bond acceptors (Lipinski definition) is 4. The average molecular weight is 785 g/mol. The largest absolute Gasteiger partial charge is 0.507 e. The van der Waals surface area contributed by atoms with Crippen molar-refractivity contribution in [3.05, 3.63) is 163 Å². The van der Waals surface area contributed by atoms with E-state index in [0.29, 0.717) is 11.4 Å². The number of aromatic nitrogens is 4. The van der Waals surface area contributed by atoms with Crippen LogP contribution in [0.3, 0.4) is 0 Å². The highest BCUT2D eigenvalue weighted by Gasteiger charge is 2.29. The molecule has 6 aromatic carbocycles. The fraction of sp³-hybridized carbons (Fsp3) is 0.218. The van der Waals surface area contributed by atoms with E-state index in [4.69, 9.17) is 15.0 Å². The molecule has 9 rings (SSSR count). The Labute approximate surface area is 353 Å². The Morgan fingerprint density at radius 1 is 0.533 bits per heavy atom. The van der Waals surface area contributed by atoms with Crippen molar-refractivity contribution in [2.75, 3.05) is 0 Å². The van der Waals surface area contributed by atoms with E-state index < -0.39 is 0 Å². The molecule has 1 N–H and O–H groups in total. The molecule has 0 radical (unpaired) electrons. The second-order valence-electron chi connectivity index (χ2n) is 19.2. The van der Waals surface area contributed by atoms with Crippen LogP contribution in [0.2, 0.25) is 0 Å². The quantitative estimate of drug-likeness (QED) is 0.177. The lowest BCUT2D eigenvalue weighted by Crippen LogP contribution is -2.17. The molecule has 298 valence electrons. The molecule has 0 aliphatic heterocycles. The van der Waals surface area contributed by atoms with Gasteiger partial charge >= 0.3 is 0 Å². The van der Waals surface area contributed by atoms with Gasteiger partial charge in [0.05, 0.1) is 33.5 Å². The van der Waals surface area contributed by atoms with Crippen molar-refractivity contribution < 1.29 is 5.11 Å². The van der Waals surface area contributed by atoms with Crippen LogP contribution in [0.25, 0.3) is 83.3 Å². The topological polar surface area (TPSA) is 63.8 Å². The lowest BCUT2D eigenvalue weighted by Gasteiger charge is -2.28. The van der Waals surface area contributed by atoms with E-state index in [1.807, 2.05) is 18.5 Å². The van der Waals surface area contributed by atoms with Crippen molar-refractivity contribution in [1.82, 2.24) is 19.5 Å². The van der Waals surface area contributed by atoms with Crippen LogP contribution in [0.5, 0.6) is 5.75 Å². The molecular weight excluding hydrogens is 733 g/mol. The summed E-state index contributed by atoms with van der Waals surface area (Å²) in [7, 11) is 0. The number of rotatable bonds is 5. The number of nitrogens with zero attached hydrogens (tertiary/aromatic N) is 4. The monoisotopic (exact) mass is 784 g/mol. The Kier molecular flexibility index (Phi) is 9.27. The summed E-state index contributed by atoms with van der Waals surface area (Å²) in [5.74, 6) is 0.938. The fourth-order valence-electron chi connectivity index (χ4n) is 8.38. The van der Waals surface area contributed by atoms with E-state index in [-0.39, 0.29) is 22.0 Å². The van der Waals surface area contributed by atoms with Crippen LogP contribution in [-0.2, 0) is 16.2 Å². The predicted molar refractivity (Wildman–Crippen MR) is 251 cm³/mol. The third kappa shape index (κ3) is 6.92. The van der Waals surface area contributed by atoms with Crippen LogP contribution in [0, 0.1) is 0 Å². The molecule has 0 bridgehead atoms. The first kappa shape index (κ1) is 38.9. The van der Waals surface area contributed by atoms with Gasteiger partial charge in [0.25, 0.3) is 0 Å². The fourth-order valence-corrected chi connectivity index (χ4v) is 8.38. The van der Waals surface area contributed by atoms with Crippen molar-refractivity contribution in [2.45, 2.75) is 78.6 Å². The Morgan fingerprint density at radius 2 is 1.22 bits per heavy atom. The Bertz CT molecular complexity index is 3090. The van der Waals surface area contributed by atoms with E-state index in [9.17, 15) is 5.11 Å². The number of benzene rings is 6. The van der Waals surface area contributed by atoms with E-state index >= 15 is 0 Å². The minimum atomic E-state index is -0.322. The van der Waals surface area contributed by atoms with Crippen molar-refractivity contribution >= 4 is 32.7 Å². The van der Waals surface area contributed by atoms with E-state index in [2.05, 4.69) is 194 Å². The number of pyridine rings is 2. The van der Waals surface area contributed by atoms with Crippen LogP contribution >= 0.6 is 0 Å². The molecule has 0 aliphatic rings. The molecule has 0 atom stereocenters. The molecule has 3 aromatic heterocycles. The van der Waals surface area contributed by atoms with Gasteiger partial charge < -0.3 is 5.11 Å². The smallest absolute Gasteiger partial charge is 0.149 e. The molecule has 3 heterocycles. The average Bonchev–Trinajstić information content (AvgIpc) is 3.62. The summed E-state index contributed by atoms with van der Waals surface area (Å²) in [5.41, 5.74) is 13.4. The van der Waals surface area contributed by atoms with Crippen LogP contribution < -0.4 is 0 Å². The number of fused-ring (bicyclic) bond motifs is 5. The highest BCUT2D eigenvalue weighted by Crippen LogP contribution is 2.46. The first-order chi connectivity index (χ1) is 28.6. The Balaban J connectivity index is 1.40. The molecule has 0 aliphatic carbocycles. The van der Waals surface area contributed by atoms with Gasteiger partial charge in [0, 0.05) is 45.2 Å². The molecule has 0 fully saturated rings. The predicted octanol–water partition coefficient (Wildman–Crippen LogP) is 14.4. The second-order valence-corrected chi connectivity index (χ2v) is 19.2. The molecule has 0 unspecified atom stereocenters. The zero-order valence-electron chi connectivity index (χ0n) is 36.1. The van der Waals surface area contributed by atoms with Gasteiger partial charge in [0.1, 0.15) is 11.6 Å². The molecule has 60 heavy (non-hydrogen) atoms. The van der Waals surface area contributed by atoms with Crippen molar-refractivity contribution in [2.24, 2.45) is 0 Å². The second kappa shape index (κ2) is 14.3. The van der Waals surface area contributed by atoms with Gasteiger partial charge in [0.15, 0.2) is 0 Å². The first-order valence-corrected chi connectivity index (χ1v) is 20.9. The highest BCUT2D eigenvalue weighted by atomic mass is 16.3. The first-order valence-electron chi connectivity index (χ1n) is 20.9. The van der Waals surface area contributed by atoms with Crippen molar-refractivity contribution in [3.63, 3.8) is 0 Å². The Morgan fingerprint density at radius 3 is 1.90 bits per heavy atom. The lowest BCUT2D eigenvalue weighted by atomic mass is 9.79. The number of imidazole rings is 1. The zero-order chi connectivity index (χ0) is 42.1. The van der Waals surface area contributed by atoms with E-state index in [1.165, 1.54) is 5.56 Å². The molecule has 0 saturated carbocycles. The highest BCUT2D eigenvalue weighted by molar-refractivity contribution is 6.18. The maximum absolute atomic E-state index is 12.5. The maximum Gasteiger partial charge on any atom is 0.149 e. The van der Waals surface area contributed by atoms with Gasteiger partial charge in [-0.3, -0.25) is 14.5 Å². The normalized spacial score (nSPS) is 12.5.